The van der Waals surface area contributed by atoms with E-state index >= 15 is 0 Å². The number of rotatable bonds is 9. The maximum Gasteiger partial charge on any atom is 0.361 e. The summed E-state index contributed by atoms with van der Waals surface area (Å²) in [6.07, 6.45) is 2.77. The lowest BCUT2D eigenvalue weighted by Gasteiger charge is -2.17. The lowest BCUT2D eigenvalue weighted by molar-refractivity contribution is -0.115. The lowest BCUT2D eigenvalue weighted by Crippen LogP contribution is -2.17. The number of amides is 1. The van der Waals surface area contributed by atoms with Crippen molar-refractivity contribution in [2.75, 3.05) is 18.5 Å². The van der Waals surface area contributed by atoms with Crippen molar-refractivity contribution < 1.29 is 23.5 Å². The Bertz CT molecular complexity index is 1090. The molecule has 2 N–H and O–H groups in total. The van der Waals surface area contributed by atoms with Crippen LogP contribution in [0.4, 0.5) is 5.69 Å². The number of carbonyl (C=O) groups is 1. The van der Waals surface area contributed by atoms with Crippen LogP contribution in [0.2, 0.25) is 0 Å². The van der Waals surface area contributed by atoms with Gasteiger partial charge in [0.1, 0.15) is 11.4 Å². The summed E-state index contributed by atoms with van der Waals surface area (Å²) in [5, 5.41) is 20.7. The third-order valence-electron chi connectivity index (χ3n) is 4.03. The van der Waals surface area contributed by atoms with E-state index in [0.717, 1.165) is 0 Å². The summed E-state index contributed by atoms with van der Waals surface area (Å²) in [5.41, 5.74) is 1.05. The van der Waals surface area contributed by atoms with Crippen LogP contribution in [0.3, 0.4) is 0 Å². The molecule has 2 heterocycles. The molecular weight excluding hydrogens is 421 g/mol. The number of aromatic nitrogens is 4. The van der Waals surface area contributed by atoms with Gasteiger partial charge in [0.2, 0.25) is 11.8 Å². The highest BCUT2D eigenvalue weighted by Crippen LogP contribution is 2.46. The molecule has 31 heavy (non-hydrogen) atoms. The zero-order valence-corrected chi connectivity index (χ0v) is 18.0. The van der Waals surface area contributed by atoms with Crippen LogP contribution in [0.1, 0.15) is 19.4 Å². The molecule has 0 saturated heterocycles. The summed E-state index contributed by atoms with van der Waals surface area (Å²) in [7, 11) is -3.45. The Morgan fingerprint density at radius 2 is 1.94 bits per heavy atom. The first kappa shape index (κ1) is 22.5. The molecule has 0 saturated carbocycles. The lowest BCUT2D eigenvalue weighted by atomic mass is 10.1. The number of nitrogens with zero attached hydrogens (tertiary/aromatic N) is 4. The molecule has 3 aromatic rings. The summed E-state index contributed by atoms with van der Waals surface area (Å²) in [4.78, 5) is 20.5. The fourth-order valence-corrected chi connectivity index (χ4v) is 4.39. The summed E-state index contributed by atoms with van der Waals surface area (Å²) in [5.74, 6) is -0.625. The number of anilines is 1. The first-order valence-electron chi connectivity index (χ1n) is 9.57. The molecule has 162 valence electrons. The third-order valence-corrected chi connectivity index (χ3v) is 6.14. The van der Waals surface area contributed by atoms with E-state index in [9.17, 15) is 14.5 Å². The number of aromatic hydroxyl groups is 1. The average Bonchev–Trinajstić information content (AvgIpc) is 2.76. The van der Waals surface area contributed by atoms with Gasteiger partial charge in [0, 0.05) is 6.20 Å². The van der Waals surface area contributed by atoms with Gasteiger partial charge in [-0.25, -0.2) is 4.98 Å². The normalized spacial score (nSPS) is 11.3. The Morgan fingerprint density at radius 3 is 2.58 bits per heavy atom. The van der Waals surface area contributed by atoms with Gasteiger partial charge in [0.15, 0.2) is 5.82 Å². The number of benzene rings is 1. The minimum Gasteiger partial charge on any atom is -0.492 e. The predicted molar refractivity (Wildman–Crippen MR) is 114 cm³/mol. The van der Waals surface area contributed by atoms with Crippen molar-refractivity contribution >= 4 is 24.5 Å². The molecule has 0 aliphatic heterocycles. The van der Waals surface area contributed by atoms with E-state index in [-0.39, 0.29) is 31.1 Å². The second kappa shape index (κ2) is 10.2. The van der Waals surface area contributed by atoms with Gasteiger partial charge < -0.3 is 19.5 Å². The molecule has 0 bridgehead atoms. The predicted octanol–water partition coefficient (Wildman–Crippen LogP) is 2.71. The molecule has 0 fully saturated rings. The molecule has 0 aliphatic carbocycles. The number of carbonyl (C=O) groups excluding carboxylic acids is 1. The minimum atomic E-state index is -3.45. The first-order valence-corrected chi connectivity index (χ1v) is 11.1. The van der Waals surface area contributed by atoms with E-state index in [1.807, 2.05) is 0 Å². The number of hydrogen-bond acceptors (Lipinski definition) is 9. The van der Waals surface area contributed by atoms with Gasteiger partial charge in [0.05, 0.1) is 31.1 Å². The second-order valence-electron chi connectivity index (χ2n) is 6.27. The molecule has 1 amide bonds. The van der Waals surface area contributed by atoms with Crippen LogP contribution in [0, 0.1) is 0 Å². The van der Waals surface area contributed by atoms with Crippen LogP contribution in [-0.2, 0) is 24.8 Å². The van der Waals surface area contributed by atoms with Crippen molar-refractivity contribution in [3.63, 3.8) is 0 Å². The summed E-state index contributed by atoms with van der Waals surface area (Å²) in [6.45, 7) is 3.91. The molecule has 1 aromatic carbocycles. The van der Waals surface area contributed by atoms with Gasteiger partial charge in [-0.15, -0.1) is 5.10 Å². The first-order chi connectivity index (χ1) is 14.9. The van der Waals surface area contributed by atoms with Crippen molar-refractivity contribution in [2.24, 2.45) is 0 Å². The summed E-state index contributed by atoms with van der Waals surface area (Å²) < 4.78 is 23.6. The molecule has 0 unspecified atom stereocenters. The third kappa shape index (κ3) is 5.69. The second-order valence-corrected chi connectivity index (χ2v) is 8.30. The van der Waals surface area contributed by atoms with E-state index in [1.165, 1.54) is 12.4 Å². The standard InChI is InChI=1S/C20H22N5O5P/c1-3-29-31(28,30-4-2)15-8-5-7-14(11-15)12-18(26)23-17-13-21-19(24-20(17)27)16-9-6-10-22-25-16/h5-11,13H,3-4,12H2,1-2H3,(H,23,26)(H,21,24,27). The van der Waals surface area contributed by atoms with Crippen LogP contribution in [0.25, 0.3) is 11.5 Å². The van der Waals surface area contributed by atoms with Crippen molar-refractivity contribution in [3.05, 3.63) is 54.4 Å². The molecule has 0 aliphatic rings. The summed E-state index contributed by atoms with van der Waals surface area (Å²) in [6, 6.07) is 9.97. The number of nitrogens with one attached hydrogen (secondary N) is 1. The Kier molecular flexibility index (Phi) is 7.41. The quantitative estimate of drug-likeness (QED) is 0.478. The monoisotopic (exact) mass is 443 g/mol. The van der Waals surface area contributed by atoms with Gasteiger partial charge in [0.25, 0.3) is 0 Å². The van der Waals surface area contributed by atoms with Gasteiger partial charge >= 0.3 is 7.60 Å². The Morgan fingerprint density at radius 1 is 1.16 bits per heavy atom. The van der Waals surface area contributed by atoms with Crippen molar-refractivity contribution in [1.29, 1.82) is 0 Å². The fraction of sp³-hybridized carbons (Fsp3) is 0.250. The molecule has 10 nitrogen and oxygen atoms in total. The maximum atomic E-state index is 12.9. The summed E-state index contributed by atoms with van der Waals surface area (Å²) >= 11 is 0. The molecule has 11 heteroatoms. The Labute approximate surface area is 179 Å². The largest absolute Gasteiger partial charge is 0.492 e. The molecule has 0 radical (unpaired) electrons. The van der Waals surface area contributed by atoms with E-state index in [1.54, 1.807) is 50.2 Å². The van der Waals surface area contributed by atoms with E-state index in [4.69, 9.17) is 9.05 Å². The smallest absolute Gasteiger partial charge is 0.361 e. The highest BCUT2D eigenvalue weighted by molar-refractivity contribution is 7.62. The van der Waals surface area contributed by atoms with E-state index in [0.29, 0.717) is 16.6 Å². The maximum absolute atomic E-state index is 12.9. The van der Waals surface area contributed by atoms with Gasteiger partial charge in [-0.2, -0.15) is 10.1 Å². The van der Waals surface area contributed by atoms with Gasteiger partial charge in [-0.05, 0) is 43.7 Å². The SMILES string of the molecule is CCOP(=O)(OCC)c1cccc(CC(=O)Nc2cnc(-c3cccnn3)nc2O)c1. The van der Waals surface area contributed by atoms with E-state index < -0.39 is 19.4 Å². The number of hydrogen-bond donors (Lipinski definition) is 2. The fourth-order valence-electron chi connectivity index (χ4n) is 2.75. The molecule has 2 aromatic heterocycles. The van der Waals surface area contributed by atoms with Gasteiger partial charge in [-0.3, -0.25) is 9.36 Å². The van der Waals surface area contributed by atoms with Crippen LogP contribution in [-0.4, -0.2) is 44.4 Å². The Balaban J connectivity index is 1.72. The molecular formula is C20H22N5O5P. The minimum absolute atomic E-state index is 0.0303. The van der Waals surface area contributed by atoms with Crippen LogP contribution in [0.5, 0.6) is 5.88 Å². The topological polar surface area (TPSA) is 136 Å². The average molecular weight is 443 g/mol. The highest BCUT2D eigenvalue weighted by atomic mass is 31.2. The van der Waals surface area contributed by atoms with Crippen molar-refractivity contribution in [2.45, 2.75) is 20.3 Å². The van der Waals surface area contributed by atoms with Crippen LogP contribution in [0.15, 0.2) is 48.8 Å². The zero-order valence-electron chi connectivity index (χ0n) is 17.1. The molecule has 3 rings (SSSR count). The van der Waals surface area contributed by atoms with Crippen molar-refractivity contribution in [3.8, 4) is 17.4 Å². The van der Waals surface area contributed by atoms with Gasteiger partial charge in [-0.1, -0.05) is 12.1 Å². The van der Waals surface area contributed by atoms with Crippen molar-refractivity contribution in [1.82, 2.24) is 20.2 Å². The Hall–Kier alpha value is -3.20. The van der Waals surface area contributed by atoms with Crippen LogP contribution < -0.4 is 10.6 Å². The van der Waals surface area contributed by atoms with E-state index in [2.05, 4.69) is 25.5 Å². The highest BCUT2D eigenvalue weighted by Gasteiger charge is 2.27. The van der Waals surface area contributed by atoms with Crippen LogP contribution >= 0.6 is 7.60 Å². The molecule has 0 spiro atoms. The zero-order chi connectivity index (χ0) is 22.3. The molecule has 0 atom stereocenters.